The number of piperidine rings is 1. The average molecular weight is 416 g/mol. The van der Waals surface area contributed by atoms with Crippen LogP contribution in [0.4, 0.5) is 0 Å². The van der Waals surface area contributed by atoms with Gasteiger partial charge >= 0.3 is 0 Å². The number of carbonyl (C=O) groups is 2. The molecule has 1 atom stereocenters. The van der Waals surface area contributed by atoms with E-state index in [1.165, 1.54) is 22.5 Å². The third-order valence-corrected chi connectivity index (χ3v) is 6.65. The Hall–Kier alpha value is -1.64. The van der Waals surface area contributed by atoms with E-state index in [-0.39, 0.29) is 21.4 Å². The maximum Gasteiger partial charge on any atom is 0.253 e. The molecule has 1 heterocycles. The fourth-order valence-electron chi connectivity index (χ4n) is 2.83. The molecule has 1 aliphatic rings. The number of nitrogens with zero attached hydrogens (tertiary/aromatic N) is 1. The van der Waals surface area contributed by atoms with Crippen LogP contribution >= 0.6 is 11.6 Å². The van der Waals surface area contributed by atoms with Gasteiger partial charge in [-0.25, -0.2) is 8.42 Å². The van der Waals surface area contributed by atoms with Crippen LogP contribution in [0.5, 0.6) is 0 Å². The van der Waals surface area contributed by atoms with E-state index in [1.807, 2.05) is 6.92 Å². The van der Waals surface area contributed by atoms with Gasteiger partial charge in [0.25, 0.3) is 5.91 Å². The van der Waals surface area contributed by atoms with Crippen LogP contribution in [0.1, 0.15) is 49.9 Å². The summed E-state index contributed by atoms with van der Waals surface area (Å²) < 4.78 is 27.1. The molecule has 0 spiro atoms. The Bertz CT molecular complexity index is 792. The summed E-state index contributed by atoms with van der Waals surface area (Å²) in [6, 6.07) is 3.32. The molecule has 0 bridgehead atoms. The van der Waals surface area contributed by atoms with E-state index in [0.29, 0.717) is 19.6 Å². The largest absolute Gasteiger partial charge is 0.354 e. The van der Waals surface area contributed by atoms with E-state index in [2.05, 4.69) is 10.6 Å². The first-order chi connectivity index (χ1) is 12.8. The first kappa shape index (κ1) is 21.7. The van der Waals surface area contributed by atoms with Crippen molar-refractivity contribution in [2.24, 2.45) is 0 Å². The van der Waals surface area contributed by atoms with E-state index in [1.54, 1.807) is 6.92 Å². The second-order valence-electron chi connectivity index (χ2n) is 6.59. The van der Waals surface area contributed by atoms with Crippen LogP contribution in [0.15, 0.2) is 23.1 Å². The number of nitrogens with one attached hydrogen (secondary N) is 2. The van der Waals surface area contributed by atoms with Gasteiger partial charge in [0.1, 0.15) is 6.04 Å². The fourth-order valence-corrected chi connectivity index (χ4v) is 4.58. The summed E-state index contributed by atoms with van der Waals surface area (Å²) in [7, 11) is -3.68. The molecule has 1 aromatic carbocycles. The highest BCUT2D eigenvalue weighted by atomic mass is 35.5. The maximum absolute atomic E-state index is 12.8. The Morgan fingerprint density at radius 2 is 1.89 bits per heavy atom. The third-order valence-electron chi connectivity index (χ3n) is 4.43. The molecule has 0 aromatic heterocycles. The van der Waals surface area contributed by atoms with Crippen LogP contribution in [-0.2, 0) is 14.8 Å². The Morgan fingerprint density at radius 1 is 1.22 bits per heavy atom. The fraction of sp³-hybridized carbons (Fsp3) is 0.556. The molecule has 0 aliphatic carbocycles. The summed E-state index contributed by atoms with van der Waals surface area (Å²) in [5, 5.41) is 5.38. The predicted molar refractivity (Wildman–Crippen MR) is 104 cm³/mol. The minimum atomic E-state index is -3.68. The van der Waals surface area contributed by atoms with Crippen LogP contribution in [0.3, 0.4) is 0 Å². The first-order valence-electron chi connectivity index (χ1n) is 9.15. The number of benzene rings is 1. The smallest absolute Gasteiger partial charge is 0.253 e. The van der Waals surface area contributed by atoms with Crippen LogP contribution in [0.25, 0.3) is 0 Å². The Kier molecular flexibility index (Phi) is 7.64. The van der Waals surface area contributed by atoms with Crippen LogP contribution in [0, 0.1) is 0 Å². The first-order valence-corrected chi connectivity index (χ1v) is 11.0. The Labute approximate surface area is 165 Å². The van der Waals surface area contributed by atoms with Crippen LogP contribution < -0.4 is 10.6 Å². The molecule has 2 amide bonds. The number of rotatable bonds is 7. The van der Waals surface area contributed by atoms with Crippen molar-refractivity contribution in [1.29, 1.82) is 0 Å². The number of sulfonamides is 1. The van der Waals surface area contributed by atoms with E-state index in [4.69, 9.17) is 11.6 Å². The molecule has 1 saturated heterocycles. The molecule has 0 radical (unpaired) electrons. The van der Waals surface area contributed by atoms with Crippen molar-refractivity contribution in [3.8, 4) is 0 Å². The van der Waals surface area contributed by atoms with Gasteiger partial charge in [0.2, 0.25) is 15.9 Å². The van der Waals surface area contributed by atoms with Crippen molar-refractivity contribution in [2.75, 3.05) is 19.6 Å². The maximum atomic E-state index is 12.8. The number of carbonyl (C=O) groups excluding carboxylic acids is 2. The normalized spacial score (nSPS) is 16.6. The summed E-state index contributed by atoms with van der Waals surface area (Å²) in [4.78, 5) is 24.5. The molecule has 27 heavy (non-hydrogen) atoms. The van der Waals surface area contributed by atoms with Gasteiger partial charge in [-0.2, -0.15) is 4.31 Å². The standard InChI is InChI=1S/C18H26ClN3O4S/c1-3-9-20-17(23)13(2)21-18(24)15-12-14(7-8-16(15)19)27(25,26)22-10-5-4-6-11-22/h7-8,12-13H,3-6,9-11H2,1-2H3,(H,20,23)(H,21,24)/t13-/m0/s1. The molecule has 1 fully saturated rings. The van der Waals surface area contributed by atoms with Crippen LogP contribution in [-0.4, -0.2) is 50.2 Å². The number of halogens is 1. The van der Waals surface area contributed by atoms with E-state index in [9.17, 15) is 18.0 Å². The number of hydrogen-bond acceptors (Lipinski definition) is 4. The van der Waals surface area contributed by atoms with E-state index >= 15 is 0 Å². The molecule has 1 aliphatic heterocycles. The Morgan fingerprint density at radius 3 is 2.52 bits per heavy atom. The van der Waals surface area contributed by atoms with Gasteiger partial charge in [0.05, 0.1) is 15.5 Å². The van der Waals surface area contributed by atoms with Crippen molar-refractivity contribution >= 4 is 33.4 Å². The van der Waals surface area contributed by atoms with Crippen molar-refractivity contribution < 1.29 is 18.0 Å². The highest BCUT2D eigenvalue weighted by Gasteiger charge is 2.27. The van der Waals surface area contributed by atoms with Crippen molar-refractivity contribution in [3.05, 3.63) is 28.8 Å². The quantitative estimate of drug-likeness (QED) is 0.713. The molecule has 0 unspecified atom stereocenters. The Balaban J connectivity index is 2.19. The lowest BCUT2D eigenvalue weighted by atomic mass is 10.2. The number of amides is 2. The third kappa shape index (κ3) is 5.43. The average Bonchev–Trinajstić information content (AvgIpc) is 2.66. The van der Waals surface area contributed by atoms with Gasteiger partial charge in [-0.05, 0) is 44.4 Å². The zero-order chi connectivity index (χ0) is 20.0. The summed E-state index contributed by atoms with van der Waals surface area (Å²) in [5.74, 6) is -0.895. The molecular weight excluding hydrogens is 390 g/mol. The molecule has 150 valence electrons. The second kappa shape index (κ2) is 9.52. The van der Waals surface area contributed by atoms with Gasteiger partial charge in [0.15, 0.2) is 0 Å². The minimum Gasteiger partial charge on any atom is -0.354 e. The topological polar surface area (TPSA) is 95.6 Å². The predicted octanol–water partition coefficient (Wildman–Crippen LogP) is 2.16. The van der Waals surface area contributed by atoms with Crippen molar-refractivity contribution in [1.82, 2.24) is 14.9 Å². The molecular formula is C18H26ClN3O4S. The lowest BCUT2D eigenvalue weighted by Gasteiger charge is -2.26. The van der Waals surface area contributed by atoms with Crippen molar-refractivity contribution in [3.63, 3.8) is 0 Å². The number of hydrogen-bond donors (Lipinski definition) is 2. The summed E-state index contributed by atoms with van der Waals surface area (Å²) in [6.07, 6.45) is 3.45. The molecule has 7 nitrogen and oxygen atoms in total. The van der Waals surface area contributed by atoms with Gasteiger partial charge in [0, 0.05) is 19.6 Å². The molecule has 1 aromatic rings. The molecule has 2 rings (SSSR count). The lowest BCUT2D eigenvalue weighted by Crippen LogP contribution is -2.45. The van der Waals surface area contributed by atoms with Gasteiger partial charge in [-0.3, -0.25) is 9.59 Å². The second-order valence-corrected chi connectivity index (χ2v) is 8.94. The van der Waals surface area contributed by atoms with Crippen molar-refractivity contribution in [2.45, 2.75) is 50.5 Å². The highest BCUT2D eigenvalue weighted by Crippen LogP contribution is 2.25. The van der Waals surface area contributed by atoms with Crippen LogP contribution in [0.2, 0.25) is 5.02 Å². The zero-order valence-corrected chi connectivity index (χ0v) is 17.2. The van der Waals surface area contributed by atoms with E-state index in [0.717, 1.165) is 25.7 Å². The highest BCUT2D eigenvalue weighted by molar-refractivity contribution is 7.89. The summed E-state index contributed by atoms with van der Waals surface area (Å²) in [6.45, 7) is 4.95. The lowest BCUT2D eigenvalue weighted by molar-refractivity contribution is -0.122. The minimum absolute atomic E-state index is 0.0297. The van der Waals surface area contributed by atoms with Gasteiger partial charge in [-0.1, -0.05) is 24.9 Å². The monoisotopic (exact) mass is 415 g/mol. The summed E-state index contributed by atoms with van der Waals surface area (Å²) >= 11 is 6.10. The van der Waals surface area contributed by atoms with Gasteiger partial charge < -0.3 is 10.6 Å². The molecule has 0 saturated carbocycles. The SMILES string of the molecule is CCCNC(=O)[C@H](C)NC(=O)c1cc(S(=O)(=O)N2CCCCC2)ccc1Cl. The molecule has 9 heteroatoms. The van der Waals surface area contributed by atoms with Gasteiger partial charge in [-0.15, -0.1) is 0 Å². The summed E-state index contributed by atoms with van der Waals surface area (Å²) in [5.41, 5.74) is 0.0323. The molecule has 2 N–H and O–H groups in total. The zero-order valence-electron chi connectivity index (χ0n) is 15.6. The van der Waals surface area contributed by atoms with E-state index < -0.39 is 22.0 Å².